The number of nitrogens with zero attached hydrogens (tertiary/aromatic N) is 1. The molecule has 0 bridgehead atoms. The first-order chi connectivity index (χ1) is 11.1. The Kier molecular flexibility index (Phi) is 3.98. The Balaban J connectivity index is 1.86. The molecule has 0 unspecified atom stereocenters. The van der Waals surface area contributed by atoms with E-state index in [9.17, 15) is 5.11 Å². The van der Waals surface area contributed by atoms with Crippen molar-refractivity contribution in [3.8, 4) is 0 Å². The SMILES string of the molecule is O[C@@H]1CCNC[C@H]1N1c2ccc(Cl)cc2Cc2cc(Cl)ccc21. The maximum absolute atomic E-state index is 10.5. The Morgan fingerprint density at radius 2 is 1.61 bits per heavy atom. The summed E-state index contributed by atoms with van der Waals surface area (Å²) < 4.78 is 0. The van der Waals surface area contributed by atoms with Crippen LogP contribution >= 0.6 is 23.2 Å². The molecule has 2 aromatic carbocycles. The fraction of sp³-hybridized carbons (Fsp3) is 0.333. The van der Waals surface area contributed by atoms with Gasteiger partial charge in [0, 0.05) is 34.4 Å². The molecule has 2 aliphatic rings. The molecule has 23 heavy (non-hydrogen) atoms. The third-order valence-corrected chi connectivity index (χ3v) is 5.20. The molecule has 2 aliphatic heterocycles. The average Bonchev–Trinajstić information content (AvgIpc) is 2.53. The molecule has 1 saturated heterocycles. The van der Waals surface area contributed by atoms with Gasteiger partial charge in [-0.3, -0.25) is 0 Å². The Bertz CT molecular complexity index is 698. The number of hydrogen-bond acceptors (Lipinski definition) is 3. The molecule has 0 saturated carbocycles. The number of hydrogen-bond donors (Lipinski definition) is 2. The van der Waals surface area contributed by atoms with Crippen LogP contribution in [0.4, 0.5) is 11.4 Å². The Labute approximate surface area is 145 Å². The number of fused-ring (bicyclic) bond motifs is 2. The minimum Gasteiger partial charge on any atom is -0.391 e. The van der Waals surface area contributed by atoms with Gasteiger partial charge in [-0.25, -0.2) is 0 Å². The van der Waals surface area contributed by atoms with Crippen molar-refractivity contribution in [1.82, 2.24) is 5.32 Å². The number of aliphatic hydroxyl groups is 1. The summed E-state index contributed by atoms with van der Waals surface area (Å²) >= 11 is 12.4. The van der Waals surface area contributed by atoms with E-state index in [-0.39, 0.29) is 12.1 Å². The van der Waals surface area contributed by atoms with Crippen molar-refractivity contribution in [3.05, 3.63) is 57.6 Å². The minimum absolute atomic E-state index is 0.00361. The third-order valence-electron chi connectivity index (χ3n) is 4.73. The molecule has 2 aromatic rings. The monoisotopic (exact) mass is 348 g/mol. The quantitative estimate of drug-likeness (QED) is 0.823. The number of aliphatic hydroxyl groups excluding tert-OH is 1. The molecule has 120 valence electrons. The predicted octanol–water partition coefficient (Wildman–Crippen LogP) is 3.76. The molecule has 1 fully saturated rings. The first-order valence-electron chi connectivity index (χ1n) is 7.88. The van der Waals surface area contributed by atoms with Crippen LogP contribution in [0.3, 0.4) is 0 Å². The van der Waals surface area contributed by atoms with Crippen molar-refractivity contribution in [3.63, 3.8) is 0 Å². The molecule has 2 atom stereocenters. The van der Waals surface area contributed by atoms with Gasteiger partial charge < -0.3 is 15.3 Å². The van der Waals surface area contributed by atoms with Crippen molar-refractivity contribution in [2.45, 2.75) is 25.0 Å². The summed E-state index contributed by atoms with van der Waals surface area (Å²) in [6.07, 6.45) is 1.20. The standard InChI is InChI=1S/C18H18Cl2N2O/c19-13-1-3-15-11(8-13)7-12-9-14(20)2-4-16(12)22(15)17-10-21-6-5-18(17)23/h1-4,8-9,17-18,21,23H,5-7,10H2/t17-,18-/m1/s1. The maximum Gasteiger partial charge on any atom is 0.0772 e. The lowest BCUT2D eigenvalue weighted by atomic mass is 9.91. The van der Waals surface area contributed by atoms with Crippen LogP contribution in [0.25, 0.3) is 0 Å². The zero-order valence-electron chi connectivity index (χ0n) is 12.6. The van der Waals surface area contributed by atoms with E-state index in [0.29, 0.717) is 0 Å². The molecule has 0 spiro atoms. The summed E-state index contributed by atoms with van der Waals surface area (Å²) in [6, 6.07) is 12.0. The third kappa shape index (κ3) is 2.72. The van der Waals surface area contributed by atoms with Crippen molar-refractivity contribution >= 4 is 34.6 Å². The first kappa shape index (κ1) is 15.3. The summed E-state index contributed by atoms with van der Waals surface area (Å²) in [6.45, 7) is 1.61. The fourth-order valence-electron chi connectivity index (χ4n) is 3.65. The molecular formula is C18H18Cl2N2O. The highest BCUT2D eigenvalue weighted by atomic mass is 35.5. The first-order valence-corrected chi connectivity index (χ1v) is 8.64. The second-order valence-electron chi connectivity index (χ2n) is 6.22. The maximum atomic E-state index is 10.5. The van der Waals surface area contributed by atoms with E-state index in [1.54, 1.807) is 0 Å². The molecule has 2 heterocycles. The van der Waals surface area contributed by atoms with Crippen LogP contribution in [0.5, 0.6) is 0 Å². The van der Waals surface area contributed by atoms with Gasteiger partial charge in [-0.15, -0.1) is 0 Å². The highest BCUT2D eigenvalue weighted by Crippen LogP contribution is 2.42. The van der Waals surface area contributed by atoms with E-state index in [1.807, 2.05) is 24.3 Å². The van der Waals surface area contributed by atoms with Gasteiger partial charge in [-0.1, -0.05) is 23.2 Å². The van der Waals surface area contributed by atoms with Gasteiger partial charge in [0.15, 0.2) is 0 Å². The second-order valence-corrected chi connectivity index (χ2v) is 7.09. The highest BCUT2D eigenvalue weighted by Gasteiger charge is 2.34. The molecule has 0 amide bonds. The van der Waals surface area contributed by atoms with Gasteiger partial charge in [-0.05, 0) is 60.5 Å². The topological polar surface area (TPSA) is 35.5 Å². The highest BCUT2D eigenvalue weighted by molar-refractivity contribution is 6.31. The lowest BCUT2D eigenvalue weighted by Crippen LogP contribution is -2.53. The smallest absolute Gasteiger partial charge is 0.0772 e. The number of anilines is 2. The van der Waals surface area contributed by atoms with Crippen LogP contribution in [0.2, 0.25) is 10.0 Å². The molecule has 4 rings (SSSR count). The van der Waals surface area contributed by atoms with Crippen molar-refractivity contribution in [2.24, 2.45) is 0 Å². The van der Waals surface area contributed by atoms with Crippen LogP contribution in [-0.2, 0) is 6.42 Å². The van der Waals surface area contributed by atoms with E-state index in [4.69, 9.17) is 23.2 Å². The largest absolute Gasteiger partial charge is 0.391 e. The average molecular weight is 349 g/mol. The number of piperidine rings is 1. The van der Waals surface area contributed by atoms with Gasteiger partial charge >= 0.3 is 0 Å². The van der Waals surface area contributed by atoms with Crippen LogP contribution < -0.4 is 10.2 Å². The molecule has 3 nitrogen and oxygen atoms in total. The fourth-order valence-corrected chi connectivity index (χ4v) is 4.03. The summed E-state index contributed by atoms with van der Waals surface area (Å²) in [4.78, 5) is 2.25. The van der Waals surface area contributed by atoms with Gasteiger partial charge in [0.2, 0.25) is 0 Å². The van der Waals surface area contributed by atoms with Crippen molar-refractivity contribution < 1.29 is 5.11 Å². The number of benzene rings is 2. The van der Waals surface area contributed by atoms with Crippen molar-refractivity contribution in [2.75, 3.05) is 18.0 Å². The van der Waals surface area contributed by atoms with E-state index in [2.05, 4.69) is 22.3 Å². The number of halogens is 2. The van der Waals surface area contributed by atoms with Crippen LogP contribution in [0, 0.1) is 0 Å². The zero-order valence-corrected chi connectivity index (χ0v) is 14.1. The molecular weight excluding hydrogens is 331 g/mol. The van der Waals surface area contributed by atoms with E-state index < -0.39 is 0 Å². The van der Waals surface area contributed by atoms with Gasteiger partial charge in [0.1, 0.15) is 0 Å². The van der Waals surface area contributed by atoms with E-state index in [0.717, 1.165) is 47.4 Å². The summed E-state index contributed by atoms with van der Waals surface area (Å²) in [5.41, 5.74) is 4.59. The van der Waals surface area contributed by atoms with Gasteiger partial charge in [-0.2, -0.15) is 0 Å². The van der Waals surface area contributed by atoms with Crippen LogP contribution in [0.1, 0.15) is 17.5 Å². The normalized spacial score (nSPS) is 23.3. The lowest BCUT2D eigenvalue weighted by molar-refractivity contribution is 0.116. The predicted molar refractivity (Wildman–Crippen MR) is 95.1 cm³/mol. The van der Waals surface area contributed by atoms with Crippen molar-refractivity contribution in [1.29, 1.82) is 0 Å². The number of rotatable bonds is 1. The Morgan fingerprint density at radius 1 is 1.00 bits per heavy atom. The summed E-state index contributed by atoms with van der Waals surface area (Å²) in [5.74, 6) is 0. The van der Waals surface area contributed by atoms with E-state index in [1.165, 1.54) is 11.1 Å². The summed E-state index contributed by atoms with van der Waals surface area (Å²) in [5, 5.41) is 15.4. The molecule has 2 N–H and O–H groups in total. The van der Waals surface area contributed by atoms with Gasteiger partial charge in [0.25, 0.3) is 0 Å². The van der Waals surface area contributed by atoms with Crippen LogP contribution in [-0.4, -0.2) is 30.3 Å². The molecule has 0 aromatic heterocycles. The molecule has 5 heteroatoms. The summed E-state index contributed by atoms with van der Waals surface area (Å²) in [7, 11) is 0. The lowest BCUT2D eigenvalue weighted by Gasteiger charge is -2.43. The van der Waals surface area contributed by atoms with Crippen LogP contribution in [0.15, 0.2) is 36.4 Å². The zero-order chi connectivity index (χ0) is 16.0. The Hall–Kier alpha value is -1.26. The Morgan fingerprint density at radius 3 is 2.17 bits per heavy atom. The van der Waals surface area contributed by atoms with E-state index >= 15 is 0 Å². The molecule has 0 aliphatic carbocycles. The molecule has 0 radical (unpaired) electrons. The second kappa shape index (κ2) is 5.99. The van der Waals surface area contributed by atoms with Gasteiger partial charge in [0.05, 0.1) is 12.1 Å². The number of nitrogens with one attached hydrogen (secondary N) is 1. The minimum atomic E-state index is -0.360.